The van der Waals surface area contributed by atoms with Gasteiger partial charge in [0.1, 0.15) is 5.75 Å². The van der Waals surface area contributed by atoms with Crippen molar-refractivity contribution in [3.63, 3.8) is 0 Å². The maximum Gasteiger partial charge on any atom is 0.346 e. The Hall–Kier alpha value is -1.55. The molecule has 4 nitrogen and oxygen atoms in total. The highest BCUT2D eigenvalue weighted by molar-refractivity contribution is 5.74. The number of benzene rings is 1. The molecule has 0 bridgehead atoms. The van der Waals surface area contributed by atoms with Crippen LogP contribution in [0.3, 0.4) is 0 Å². The standard InChI is InChI=1S/C13H19NO3/c1-4-12(14)10-5-7-11(8-6-10)17-9(2)13(15)16-3/h5-9,12H,4,14H2,1-3H3. The van der Waals surface area contributed by atoms with E-state index in [-0.39, 0.29) is 12.0 Å². The third-order valence-corrected chi connectivity index (χ3v) is 2.59. The molecule has 94 valence electrons. The molecule has 0 aromatic heterocycles. The summed E-state index contributed by atoms with van der Waals surface area (Å²) in [7, 11) is 1.34. The van der Waals surface area contributed by atoms with Gasteiger partial charge in [-0.05, 0) is 31.0 Å². The number of carbonyl (C=O) groups excluding carboxylic acids is 1. The Kier molecular flexibility index (Phi) is 4.97. The molecule has 1 aromatic carbocycles. The number of hydrogen-bond donors (Lipinski definition) is 1. The maximum atomic E-state index is 11.2. The molecule has 1 rings (SSSR count). The molecule has 0 aliphatic rings. The van der Waals surface area contributed by atoms with Gasteiger partial charge in [0.25, 0.3) is 0 Å². The Morgan fingerprint density at radius 3 is 2.41 bits per heavy atom. The summed E-state index contributed by atoms with van der Waals surface area (Å²) in [6.45, 7) is 3.69. The molecule has 2 unspecified atom stereocenters. The van der Waals surface area contributed by atoms with Crippen molar-refractivity contribution < 1.29 is 14.3 Å². The molecular weight excluding hydrogens is 218 g/mol. The van der Waals surface area contributed by atoms with E-state index in [2.05, 4.69) is 4.74 Å². The zero-order chi connectivity index (χ0) is 12.8. The SMILES string of the molecule is CCC(N)c1ccc(OC(C)C(=O)OC)cc1. The minimum Gasteiger partial charge on any atom is -0.479 e. The van der Waals surface area contributed by atoms with E-state index < -0.39 is 6.10 Å². The fourth-order valence-electron chi connectivity index (χ4n) is 1.45. The van der Waals surface area contributed by atoms with Crippen LogP contribution >= 0.6 is 0 Å². The van der Waals surface area contributed by atoms with Gasteiger partial charge in [0.15, 0.2) is 6.10 Å². The molecule has 0 fully saturated rings. The number of carbonyl (C=O) groups is 1. The summed E-state index contributed by atoms with van der Waals surface area (Å²) in [5.41, 5.74) is 6.96. The molecule has 1 aromatic rings. The van der Waals surface area contributed by atoms with Crippen LogP contribution in [0.1, 0.15) is 31.9 Å². The molecule has 0 aliphatic heterocycles. The van der Waals surface area contributed by atoms with Crippen molar-refractivity contribution in [2.24, 2.45) is 5.73 Å². The summed E-state index contributed by atoms with van der Waals surface area (Å²) in [6.07, 6.45) is 0.282. The van der Waals surface area contributed by atoms with Gasteiger partial charge in [0.05, 0.1) is 7.11 Å². The fraction of sp³-hybridized carbons (Fsp3) is 0.462. The fourth-order valence-corrected chi connectivity index (χ4v) is 1.45. The monoisotopic (exact) mass is 237 g/mol. The highest BCUT2D eigenvalue weighted by Gasteiger charge is 2.14. The lowest BCUT2D eigenvalue weighted by molar-refractivity contribution is -0.147. The lowest BCUT2D eigenvalue weighted by atomic mass is 10.1. The number of esters is 1. The molecule has 2 N–H and O–H groups in total. The second-order valence-corrected chi connectivity index (χ2v) is 3.87. The number of ether oxygens (including phenoxy) is 2. The minimum atomic E-state index is -0.606. The first-order chi connectivity index (χ1) is 8.08. The number of hydrogen-bond acceptors (Lipinski definition) is 4. The van der Waals surface area contributed by atoms with Gasteiger partial charge in [0.2, 0.25) is 0 Å². The smallest absolute Gasteiger partial charge is 0.346 e. The van der Waals surface area contributed by atoms with Crippen LogP contribution in [-0.2, 0) is 9.53 Å². The molecule has 0 heterocycles. The van der Waals surface area contributed by atoms with Crippen LogP contribution in [0.25, 0.3) is 0 Å². The average molecular weight is 237 g/mol. The third kappa shape index (κ3) is 3.75. The van der Waals surface area contributed by atoms with Gasteiger partial charge in [-0.3, -0.25) is 0 Å². The summed E-state index contributed by atoms with van der Waals surface area (Å²) in [4.78, 5) is 11.2. The third-order valence-electron chi connectivity index (χ3n) is 2.59. The molecule has 0 spiro atoms. The summed E-state index contributed by atoms with van der Waals surface area (Å²) >= 11 is 0. The van der Waals surface area contributed by atoms with Crippen LogP contribution in [-0.4, -0.2) is 19.2 Å². The molecule has 0 radical (unpaired) electrons. The minimum absolute atomic E-state index is 0.0436. The first-order valence-electron chi connectivity index (χ1n) is 5.68. The zero-order valence-corrected chi connectivity index (χ0v) is 10.5. The molecule has 0 aliphatic carbocycles. The highest BCUT2D eigenvalue weighted by atomic mass is 16.6. The second-order valence-electron chi connectivity index (χ2n) is 3.87. The molecule has 0 saturated heterocycles. The lowest BCUT2D eigenvalue weighted by Gasteiger charge is -2.14. The first kappa shape index (κ1) is 13.5. The van der Waals surface area contributed by atoms with Crippen molar-refractivity contribution in [1.29, 1.82) is 0 Å². The van der Waals surface area contributed by atoms with Crippen LogP contribution in [0.2, 0.25) is 0 Å². The summed E-state index contributed by atoms with van der Waals surface area (Å²) in [5.74, 6) is 0.245. The summed E-state index contributed by atoms with van der Waals surface area (Å²) < 4.78 is 10.00. The van der Waals surface area contributed by atoms with Crippen LogP contribution < -0.4 is 10.5 Å². The van der Waals surface area contributed by atoms with E-state index >= 15 is 0 Å². The summed E-state index contributed by atoms with van der Waals surface area (Å²) in [6, 6.07) is 7.48. The van der Waals surface area contributed by atoms with E-state index in [1.54, 1.807) is 6.92 Å². The van der Waals surface area contributed by atoms with E-state index in [0.717, 1.165) is 12.0 Å². The van der Waals surface area contributed by atoms with Crippen LogP contribution in [0.4, 0.5) is 0 Å². The molecule has 17 heavy (non-hydrogen) atoms. The van der Waals surface area contributed by atoms with Gasteiger partial charge >= 0.3 is 5.97 Å². The van der Waals surface area contributed by atoms with E-state index in [1.165, 1.54) is 7.11 Å². The maximum absolute atomic E-state index is 11.2. The Morgan fingerprint density at radius 2 is 1.94 bits per heavy atom. The quantitative estimate of drug-likeness (QED) is 0.796. The van der Waals surface area contributed by atoms with Gasteiger partial charge in [0, 0.05) is 6.04 Å². The number of nitrogens with two attached hydrogens (primary N) is 1. The Labute approximate surface area is 102 Å². The average Bonchev–Trinajstić information content (AvgIpc) is 2.37. The number of methoxy groups -OCH3 is 1. The van der Waals surface area contributed by atoms with Crippen molar-refractivity contribution >= 4 is 5.97 Å². The molecule has 4 heteroatoms. The number of rotatable bonds is 5. The van der Waals surface area contributed by atoms with Crippen molar-refractivity contribution in [3.8, 4) is 5.75 Å². The summed E-state index contributed by atoms with van der Waals surface area (Å²) in [5, 5.41) is 0. The molecule has 0 amide bonds. The molecule has 0 saturated carbocycles. The topological polar surface area (TPSA) is 61.5 Å². The van der Waals surface area contributed by atoms with E-state index in [0.29, 0.717) is 5.75 Å². The van der Waals surface area contributed by atoms with Gasteiger partial charge < -0.3 is 15.2 Å². The molecule has 2 atom stereocenters. The van der Waals surface area contributed by atoms with E-state index in [9.17, 15) is 4.79 Å². The predicted octanol–water partition coefficient (Wildman–Crippen LogP) is 2.04. The van der Waals surface area contributed by atoms with Crippen molar-refractivity contribution in [2.45, 2.75) is 32.4 Å². The zero-order valence-electron chi connectivity index (χ0n) is 10.5. The first-order valence-corrected chi connectivity index (χ1v) is 5.68. The van der Waals surface area contributed by atoms with E-state index in [1.807, 2.05) is 31.2 Å². The van der Waals surface area contributed by atoms with Crippen molar-refractivity contribution in [1.82, 2.24) is 0 Å². The van der Waals surface area contributed by atoms with Crippen molar-refractivity contribution in [3.05, 3.63) is 29.8 Å². The largest absolute Gasteiger partial charge is 0.479 e. The predicted molar refractivity (Wildman–Crippen MR) is 65.8 cm³/mol. The van der Waals surface area contributed by atoms with Gasteiger partial charge in [-0.15, -0.1) is 0 Å². The lowest BCUT2D eigenvalue weighted by Crippen LogP contribution is -2.24. The van der Waals surface area contributed by atoms with Crippen molar-refractivity contribution in [2.75, 3.05) is 7.11 Å². The van der Waals surface area contributed by atoms with E-state index in [4.69, 9.17) is 10.5 Å². The van der Waals surface area contributed by atoms with Crippen LogP contribution in [0.15, 0.2) is 24.3 Å². The van der Waals surface area contributed by atoms with Gasteiger partial charge in [-0.1, -0.05) is 19.1 Å². The van der Waals surface area contributed by atoms with Gasteiger partial charge in [-0.25, -0.2) is 4.79 Å². The van der Waals surface area contributed by atoms with Crippen LogP contribution in [0.5, 0.6) is 5.75 Å². The molecular formula is C13H19NO3. The van der Waals surface area contributed by atoms with Crippen LogP contribution in [0, 0.1) is 0 Å². The van der Waals surface area contributed by atoms with Gasteiger partial charge in [-0.2, -0.15) is 0 Å². The Bertz CT molecular complexity index is 361. The second kappa shape index (κ2) is 6.25. The highest BCUT2D eigenvalue weighted by Crippen LogP contribution is 2.19. The Balaban J connectivity index is 2.65. The normalized spacial score (nSPS) is 13.9. The Morgan fingerprint density at radius 1 is 1.35 bits per heavy atom.